The Hall–Kier alpha value is -2.10. The van der Waals surface area contributed by atoms with Crippen LogP contribution in [-0.4, -0.2) is 16.3 Å². The van der Waals surface area contributed by atoms with Crippen molar-refractivity contribution in [1.29, 1.82) is 0 Å². The number of aromatic nitrogens is 1. The van der Waals surface area contributed by atoms with Gasteiger partial charge in [-0.25, -0.2) is 0 Å². The molecule has 0 unspecified atom stereocenters. The highest BCUT2D eigenvalue weighted by molar-refractivity contribution is 5.87. The molecule has 0 saturated carbocycles. The summed E-state index contributed by atoms with van der Waals surface area (Å²) >= 11 is 0. The summed E-state index contributed by atoms with van der Waals surface area (Å²) in [6.45, 7) is 7.17. The standard InChI is InChI=1S/C15H18N2O2/c1-10-5-7-12(8-6-10)13-9-19-14(16-13)17-15(3,4)11(2)18/h5-9H,1-4H3,(H,16,17). The van der Waals surface area contributed by atoms with Crippen molar-refractivity contribution < 1.29 is 9.21 Å². The Labute approximate surface area is 112 Å². The lowest BCUT2D eigenvalue weighted by Gasteiger charge is -2.21. The van der Waals surface area contributed by atoms with Gasteiger partial charge in [0.05, 0.1) is 5.54 Å². The molecule has 0 atom stereocenters. The van der Waals surface area contributed by atoms with Gasteiger partial charge in [0.25, 0.3) is 6.01 Å². The van der Waals surface area contributed by atoms with E-state index in [0.29, 0.717) is 6.01 Å². The lowest BCUT2D eigenvalue weighted by molar-refractivity contribution is -0.120. The number of rotatable bonds is 4. The third kappa shape index (κ3) is 3.02. The largest absolute Gasteiger partial charge is 0.432 e. The molecule has 4 heteroatoms. The second-order valence-corrected chi connectivity index (χ2v) is 5.21. The summed E-state index contributed by atoms with van der Waals surface area (Å²) < 4.78 is 5.36. The summed E-state index contributed by atoms with van der Waals surface area (Å²) in [5.41, 5.74) is 2.25. The van der Waals surface area contributed by atoms with Gasteiger partial charge in [-0.15, -0.1) is 0 Å². The van der Waals surface area contributed by atoms with Crippen molar-refractivity contribution in [2.75, 3.05) is 5.32 Å². The Morgan fingerprint density at radius 3 is 2.47 bits per heavy atom. The molecule has 2 aromatic rings. The molecule has 0 bridgehead atoms. The van der Waals surface area contributed by atoms with Gasteiger partial charge < -0.3 is 9.73 Å². The first kappa shape index (κ1) is 13.3. The van der Waals surface area contributed by atoms with Crippen LogP contribution in [0.15, 0.2) is 34.9 Å². The number of hydrogen-bond donors (Lipinski definition) is 1. The molecule has 19 heavy (non-hydrogen) atoms. The molecule has 0 aliphatic rings. The Morgan fingerprint density at radius 2 is 1.89 bits per heavy atom. The lowest BCUT2D eigenvalue weighted by atomic mass is 10.0. The van der Waals surface area contributed by atoms with Gasteiger partial charge in [-0.1, -0.05) is 29.8 Å². The van der Waals surface area contributed by atoms with E-state index in [1.54, 1.807) is 20.1 Å². The van der Waals surface area contributed by atoms with Crippen LogP contribution >= 0.6 is 0 Å². The van der Waals surface area contributed by atoms with E-state index in [1.165, 1.54) is 12.5 Å². The van der Waals surface area contributed by atoms with E-state index in [9.17, 15) is 4.79 Å². The van der Waals surface area contributed by atoms with E-state index in [-0.39, 0.29) is 5.78 Å². The molecule has 4 nitrogen and oxygen atoms in total. The fourth-order valence-electron chi connectivity index (χ4n) is 1.54. The van der Waals surface area contributed by atoms with Crippen molar-refractivity contribution in [3.8, 4) is 11.3 Å². The molecule has 1 N–H and O–H groups in total. The third-order valence-corrected chi connectivity index (χ3v) is 3.15. The van der Waals surface area contributed by atoms with Crippen LogP contribution in [-0.2, 0) is 4.79 Å². The Balaban J connectivity index is 2.20. The minimum atomic E-state index is -0.685. The first-order chi connectivity index (χ1) is 8.88. The van der Waals surface area contributed by atoms with Crippen molar-refractivity contribution in [3.05, 3.63) is 36.1 Å². The topological polar surface area (TPSA) is 55.1 Å². The molecule has 100 valence electrons. The number of carbonyl (C=O) groups is 1. The molecule has 0 aliphatic heterocycles. The number of hydrogen-bond acceptors (Lipinski definition) is 4. The van der Waals surface area contributed by atoms with Crippen molar-refractivity contribution in [3.63, 3.8) is 0 Å². The maximum atomic E-state index is 11.5. The van der Waals surface area contributed by atoms with Crippen molar-refractivity contribution in [1.82, 2.24) is 4.98 Å². The van der Waals surface area contributed by atoms with Crippen LogP contribution in [0.25, 0.3) is 11.3 Å². The first-order valence-corrected chi connectivity index (χ1v) is 6.20. The van der Waals surface area contributed by atoms with Crippen molar-refractivity contribution >= 4 is 11.8 Å². The van der Waals surface area contributed by atoms with E-state index < -0.39 is 5.54 Å². The lowest BCUT2D eigenvalue weighted by Crippen LogP contribution is -2.38. The molecule has 0 aliphatic carbocycles. The number of nitrogens with one attached hydrogen (secondary N) is 1. The predicted octanol–water partition coefficient (Wildman–Crippen LogP) is 3.43. The zero-order chi connectivity index (χ0) is 14.0. The van der Waals surface area contributed by atoms with Gasteiger partial charge in [-0.2, -0.15) is 4.98 Å². The molecule has 2 rings (SSSR count). The van der Waals surface area contributed by atoms with Gasteiger partial charge in [0.1, 0.15) is 12.0 Å². The highest BCUT2D eigenvalue weighted by atomic mass is 16.4. The number of Topliss-reactive ketones (excluding diaryl/α,β-unsaturated/α-hetero) is 1. The number of benzene rings is 1. The minimum Gasteiger partial charge on any atom is -0.432 e. The zero-order valence-electron chi connectivity index (χ0n) is 11.7. The zero-order valence-corrected chi connectivity index (χ0v) is 11.7. The van der Waals surface area contributed by atoms with Crippen LogP contribution in [0, 0.1) is 6.92 Å². The minimum absolute atomic E-state index is 0.0302. The number of ketones is 1. The SMILES string of the molecule is CC(=O)C(C)(C)Nc1nc(-c2ccc(C)cc2)co1. The van der Waals surface area contributed by atoms with E-state index >= 15 is 0 Å². The first-order valence-electron chi connectivity index (χ1n) is 6.20. The molecular formula is C15H18N2O2. The number of oxazole rings is 1. The highest BCUT2D eigenvalue weighted by Gasteiger charge is 2.25. The van der Waals surface area contributed by atoms with Crippen molar-refractivity contribution in [2.45, 2.75) is 33.2 Å². The molecule has 0 radical (unpaired) electrons. The Bertz CT molecular complexity index is 582. The fraction of sp³-hybridized carbons (Fsp3) is 0.333. The summed E-state index contributed by atoms with van der Waals surface area (Å²) in [4.78, 5) is 15.8. The van der Waals surface area contributed by atoms with E-state index in [4.69, 9.17) is 4.42 Å². The average molecular weight is 258 g/mol. The molecule has 0 saturated heterocycles. The monoisotopic (exact) mass is 258 g/mol. The third-order valence-electron chi connectivity index (χ3n) is 3.15. The molecule has 0 spiro atoms. The van der Waals surface area contributed by atoms with E-state index in [1.807, 2.05) is 31.2 Å². The molecule has 1 aromatic heterocycles. The summed E-state index contributed by atoms with van der Waals surface area (Å²) in [5.74, 6) is 0.0302. The van der Waals surface area contributed by atoms with Crippen LogP contribution < -0.4 is 5.32 Å². The maximum Gasteiger partial charge on any atom is 0.295 e. The van der Waals surface area contributed by atoms with Gasteiger partial charge >= 0.3 is 0 Å². The van der Waals surface area contributed by atoms with Gasteiger partial charge in [0, 0.05) is 5.56 Å². The summed E-state index contributed by atoms with van der Waals surface area (Å²) in [6, 6.07) is 8.39. The summed E-state index contributed by atoms with van der Waals surface area (Å²) in [6.07, 6.45) is 1.59. The normalized spacial score (nSPS) is 11.4. The molecule has 1 aromatic carbocycles. The van der Waals surface area contributed by atoms with E-state index in [2.05, 4.69) is 10.3 Å². The number of nitrogens with zero attached hydrogens (tertiary/aromatic N) is 1. The van der Waals surface area contributed by atoms with Crippen molar-refractivity contribution in [2.24, 2.45) is 0 Å². The number of anilines is 1. The van der Waals surface area contributed by atoms with Gasteiger partial charge in [0.2, 0.25) is 0 Å². The van der Waals surface area contributed by atoms with Gasteiger partial charge in [-0.3, -0.25) is 4.79 Å². The van der Waals surface area contributed by atoms with Crippen LogP contribution in [0.3, 0.4) is 0 Å². The van der Waals surface area contributed by atoms with E-state index in [0.717, 1.165) is 11.3 Å². The second-order valence-electron chi connectivity index (χ2n) is 5.21. The highest BCUT2D eigenvalue weighted by Crippen LogP contribution is 2.23. The Morgan fingerprint density at radius 1 is 1.26 bits per heavy atom. The smallest absolute Gasteiger partial charge is 0.295 e. The average Bonchev–Trinajstić information content (AvgIpc) is 2.77. The number of carbonyl (C=O) groups excluding carboxylic acids is 1. The van der Waals surface area contributed by atoms with Crippen LogP contribution in [0.2, 0.25) is 0 Å². The van der Waals surface area contributed by atoms with Crippen LogP contribution in [0.1, 0.15) is 26.3 Å². The van der Waals surface area contributed by atoms with Gasteiger partial charge in [0.15, 0.2) is 5.78 Å². The summed E-state index contributed by atoms with van der Waals surface area (Å²) in [7, 11) is 0. The summed E-state index contributed by atoms with van der Waals surface area (Å²) in [5, 5.41) is 2.99. The predicted molar refractivity (Wildman–Crippen MR) is 75.1 cm³/mol. The number of aryl methyl sites for hydroxylation is 1. The van der Waals surface area contributed by atoms with Crippen LogP contribution in [0.5, 0.6) is 0 Å². The maximum absolute atomic E-state index is 11.5. The molecule has 1 heterocycles. The molecular weight excluding hydrogens is 240 g/mol. The Kier molecular flexibility index (Phi) is 3.42. The fourth-order valence-corrected chi connectivity index (χ4v) is 1.54. The molecule has 0 fully saturated rings. The van der Waals surface area contributed by atoms with Crippen LogP contribution in [0.4, 0.5) is 6.01 Å². The second kappa shape index (κ2) is 4.88. The molecule has 0 amide bonds. The quantitative estimate of drug-likeness (QED) is 0.912. The van der Waals surface area contributed by atoms with Gasteiger partial charge in [-0.05, 0) is 27.7 Å².